The maximum Gasteiger partial charge on any atom is 0.322 e. The molecule has 152 valence electrons. The molecule has 1 N–H and O–H groups in total. The number of urea groups is 1. The summed E-state index contributed by atoms with van der Waals surface area (Å²) >= 11 is 0. The normalized spacial score (nSPS) is 15.4. The van der Waals surface area contributed by atoms with E-state index in [1.165, 1.54) is 13.0 Å². The number of nitrogens with one attached hydrogen (secondary N) is 1. The molecule has 0 aliphatic carbocycles. The molecule has 0 radical (unpaired) electrons. The summed E-state index contributed by atoms with van der Waals surface area (Å²) in [4.78, 5) is 17.9. The van der Waals surface area contributed by atoms with E-state index in [1.807, 2.05) is 13.0 Å². The number of benzene rings is 2. The van der Waals surface area contributed by atoms with Gasteiger partial charge in [-0.15, -0.1) is 0 Å². The lowest BCUT2D eigenvalue weighted by molar-refractivity contribution is 0.182. The first-order chi connectivity index (χ1) is 14.4. The predicted molar refractivity (Wildman–Crippen MR) is 107 cm³/mol. The fourth-order valence-electron chi connectivity index (χ4n) is 3.59. The summed E-state index contributed by atoms with van der Waals surface area (Å²) in [6, 6.07) is 8.74. The van der Waals surface area contributed by atoms with Crippen LogP contribution in [-0.4, -0.2) is 22.1 Å². The predicted octanol–water partition coefficient (Wildman–Crippen LogP) is 5.46. The Morgan fingerprint density at radius 3 is 2.87 bits per heavy atom. The number of aryl methyl sites for hydroxylation is 1. The lowest BCUT2D eigenvalue weighted by Crippen LogP contribution is -2.44. The second kappa shape index (κ2) is 7.59. The van der Waals surface area contributed by atoms with E-state index in [9.17, 15) is 13.6 Å². The fourth-order valence-corrected chi connectivity index (χ4v) is 3.59. The van der Waals surface area contributed by atoms with Gasteiger partial charge < -0.3 is 14.7 Å². The van der Waals surface area contributed by atoms with Crippen molar-refractivity contribution in [1.29, 1.82) is 0 Å². The summed E-state index contributed by atoms with van der Waals surface area (Å²) in [6.45, 7) is 10.7. The van der Waals surface area contributed by atoms with Crippen LogP contribution in [0, 0.1) is 25.1 Å². The minimum absolute atomic E-state index is 0.111. The Hall–Kier alpha value is -3.73. The Balaban J connectivity index is 1.61. The van der Waals surface area contributed by atoms with Crippen molar-refractivity contribution in [1.82, 2.24) is 10.1 Å². The van der Waals surface area contributed by atoms with Crippen molar-refractivity contribution < 1.29 is 18.1 Å². The zero-order chi connectivity index (χ0) is 21.4. The van der Waals surface area contributed by atoms with Crippen molar-refractivity contribution in [2.75, 3.05) is 5.32 Å². The van der Waals surface area contributed by atoms with Crippen LogP contribution in [0.5, 0.6) is 0 Å². The molecule has 30 heavy (non-hydrogen) atoms. The molecule has 0 unspecified atom stereocenters. The Morgan fingerprint density at radius 2 is 2.13 bits per heavy atom. The van der Waals surface area contributed by atoms with E-state index in [-0.39, 0.29) is 23.8 Å². The van der Waals surface area contributed by atoms with Gasteiger partial charge in [0.1, 0.15) is 0 Å². The van der Waals surface area contributed by atoms with Crippen molar-refractivity contribution in [2.24, 2.45) is 0 Å². The summed E-state index contributed by atoms with van der Waals surface area (Å²) in [5.41, 5.74) is 3.02. The van der Waals surface area contributed by atoms with Crippen LogP contribution in [0.3, 0.4) is 0 Å². The molecule has 1 aliphatic rings. The third-order valence-electron chi connectivity index (χ3n) is 5.18. The Kier molecular flexibility index (Phi) is 4.96. The highest BCUT2D eigenvalue weighted by atomic mass is 19.2. The monoisotopic (exact) mass is 408 g/mol. The number of carbonyl (C=O) groups is 1. The number of anilines is 1. The van der Waals surface area contributed by atoms with Gasteiger partial charge in [0.25, 0.3) is 0 Å². The Morgan fingerprint density at radius 1 is 1.33 bits per heavy atom. The van der Waals surface area contributed by atoms with Crippen LogP contribution in [0.4, 0.5) is 25.0 Å². The van der Waals surface area contributed by atoms with E-state index >= 15 is 0 Å². The molecule has 0 fully saturated rings. The van der Waals surface area contributed by atoms with Crippen molar-refractivity contribution in [3.05, 3.63) is 76.3 Å². The standard InChI is InChI=1S/C22H18F2N4O2/c1-12-7-16(10-18(23)20(12)24)26-22(29)28-11-17-19(8-13(28)2)27-30-21(17)14-5-4-6-15(9-14)25-3/h4-7,9-10,13H,8,11H2,1-2H3,(H,26,29)/t13-/m0/s1. The lowest BCUT2D eigenvalue weighted by Gasteiger charge is -2.32. The number of fused-ring (bicyclic) bond motifs is 1. The molecule has 3 aromatic rings. The van der Waals surface area contributed by atoms with Gasteiger partial charge in [0.2, 0.25) is 0 Å². The van der Waals surface area contributed by atoms with Gasteiger partial charge in [-0.05, 0) is 31.5 Å². The molecular formula is C22H18F2N4O2. The zero-order valence-electron chi connectivity index (χ0n) is 16.4. The largest absolute Gasteiger partial charge is 0.356 e. The van der Waals surface area contributed by atoms with Crippen molar-refractivity contribution in [3.8, 4) is 11.3 Å². The van der Waals surface area contributed by atoms with E-state index < -0.39 is 17.7 Å². The Labute approximate surface area is 171 Å². The molecule has 2 aromatic carbocycles. The Bertz CT molecular complexity index is 1160. The molecule has 2 amide bonds. The first kappa shape index (κ1) is 19.6. The van der Waals surface area contributed by atoms with E-state index in [0.717, 1.165) is 17.3 Å². The number of nitrogens with zero attached hydrogens (tertiary/aromatic N) is 3. The van der Waals surface area contributed by atoms with E-state index in [0.29, 0.717) is 23.4 Å². The van der Waals surface area contributed by atoms with Gasteiger partial charge in [0, 0.05) is 35.3 Å². The van der Waals surface area contributed by atoms with Gasteiger partial charge in [0.05, 0.1) is 18.8 Å². The summed E-state index contributed by atoms with van der Waals surface area (Å²) in [6.07, 6.45) is 0.492. The average molecular weight is 408 g/mol. The smallest absolute Gasteiger partial charge is 0.322 e. The van der Waals surface area contributed by atoms with Crippen molar-refractivity contribution >= 4 is 17.4 Å². The minimum Gasteiger partial charge on any atom is -0.356 e. The minimum atomic E-state index is -1.01. The van der Waals surface area contributed by atoms with Crippen LogP contribution >= 0.6 is 0 Å². The van der Waals surface area contributed by atoms with Crippen molar-refractivity contribution in [3.63, 3.8) is 0 Å². The number of hydrogen-bond donors (Lipinski definition) is 1. The zero-order valence-corrected chi connectivity index (χ0v) is 16.4. The second-order valence-electron chi connectivity index (χ2n) is 7.30. The van der Waals surface area contributed by atoms with E-state index in [2.05, 4.69) is 15.3 Å². The number of halogens is 2. The summed E-state index contributed by atoms with van der Waals surface area (Å²) in [5.74, 6) is -1.43. The van der Waals surface area contributed by atoms with Crippen LogP contribution in [0.15, 0.2) is 40.9 Å². The highest BCUT2D eigenvalue weighted by molar-refractivity contribution is 5.90. The van der Waals surface area contributed by atoms with Crippen LogP contribution in [0.2, 0.25) is 0 Å². The first-order valence-corrected chi connectivity index (χ1v) is 9.36. The third-order valence-corrected chi connectivity index (χ3v) is 5.18. The van der Waals surface area contributed by atoms with Crippen molar-refractivity contribution in [2.45, 2.75) is 32.9 Å². The van der Waals surface area contributed by atoms with Gasteiger partial charge in [-0.2, -0.15) is 0 Å². The first-order valence-electron chi connectivity index (χ1n) is 9.36. The molecule has 8 heteroatoms. The molecule has 1 aliphatic heterocycles. The molecule has 0 saturated heterocycles. The summed E-state index contributed by atoms with van der Waals surface area (Å²) in [5, 5.41) is 6.79. The SMILES string of the molecule is [C-]#[N+]c1cccc(-c2onc3c2CN(C(=O)Nc2cc(C)c(F)c(F)c2)[C@@H](C)C3)c1. The van der Waals surface area contributed by atoms with Gasteiger partial charge in [-0.25, -0.2) is 18.4 Å². The van der Waals surface area contributed by atoms with Gasteiger partial charge in [-0.1, -0.05) is 23.4 Å². The van der Waals surface area contributed by atoms with Crippen LogP contribution < -0.4 is 5.32 Å². The van der Waals surface area contributed by atoms with Crippen LogP contribution in [0.1, 0.15) is 23.7 Å². The summed E-state index contributed by atoms with van der Waals surface area (Å²) < 4.78 is 32.7. The molecule has 1 atom stereocenters. The summed E-state index contributed by atoms with van der Waals surface area (Å²) in [7, 11) is 0. The third kappa shape index (κ3) is 3.50. The number of hydrogen-bond acceptors (Lipinski definition) is 3. The van der Waals surface area contributed by atoms with Gasteiger partial charge in [-0.3, -0.25) is 0 Å². The van der Waals surface area contributed by atoms with Crippen LogP contribution in [0.25, 0.3) is 16.2 Å². The number of aromatic nitrogens is 1. The number of carbonyl (C=O) groups excluding carboxylic acids is 1. The highest BCUT2D eigenvalue weighted by Gasteiger charge is 2.32. The molecule has 1 aromatic heterocycles. The van der Waals surface area contributed by atoms with Crippen LogP contribution in [-0.2, 0) is 13.0 Å². The topological polar surface area (TPSA) is 62.7 Å². The van der Waals surface area contributed by atoms with E-state index in [4.69, 9.17) is 11.1 Å². The molecule has 0 spiro atoms. The molecule has 4 rings (SSSR count). The van der Waals surface area contributed by atoms with Gasteiger partial charge in [0.15, 0.2) is 23.1 Å². The fraction of sp³-hybridized carbons (Fsp3) is 0.227. The molecule has 2 heterocycles. The second-order valence-corrected chi connectivity index (χ2v) is 7.30. The highest BCUT2D eigenvalue weighted by Crippen LogP contribution is 2.34. The van der Waals surface area contributed by atoms with E-state index in [1.54, 1.807) is 23.1 Å². The number of rotatable bonds is 2. The lowest BCUT2D eigenvalue weighted by atomic mass is 9.97. The maximum absolute atomic E-state index is 13.7. The molecule has 0 bridgehead atoms. The molecular weight excluding hydrogens is 390 g/mol. The average Bonchev–Trinajstić information content (AvgIpc) is 3.14. The molecule has 0 saturated carbocycles. The maximum atomic E-state index is 13.7. The number of amides is 2. The van der Waals surface area contributed by atoms with Gasteiger partial charge >= 0.3 is 6.03 Å². The molecule has 6 nitrogen and oxygen atoms in total. The quantitative estimate of drug-likeness (QED) is 0.573.